The first kappa shape index (κ1) is 21.3. The predicted octanol–water partition coefficient (Wildman–Crippen LogP) is 2.37. The molecule has 0 spiro atoms. The monoisotopic (exact) mass is 485 g/mol. The minimum absolute atomic E-state index is 0. The molecule has 8 heteroatoms. The van der Waals surface area contributed by atoms with Crippen molar-refractivity contribution in [2.75, 3.05) is 26.2 Å². The van der Waals surface area contributed by atoms with Crippen LogP contribution in [0.4, 0.5) is 0 Å². The number of fused-ring (bicyclic) bond motifs is 1. The fourth-order valence-corrected chi connectivity index (χ4v) is 2.79. The molecule has 3 rings (SSSR count). The Kier molecular flexibility index (Phi) is 8.70. The van der Waals surface area contributed by atoms with Crippen molar-refractivity contribution in [2.45, 2.75) is 25.9 Å². The molecule has 0 amide bonds. The average molecular weight is 485 g/mol. The molecular weight excluding hydrogens is 457 g/mol. The Balaban J connectivity index is 0.00000261. The van der Waals surface area contributed by atoms with Gasteiger partial charge in [0.25, 0.3) is 0 Å². The zero-order valence-electron chi connectivity index (χ0n) is 15.9. The minimum atomic E-state index is -0.0734. The number of ether oxygens (including phenoxy) is 2. The third-order valence-electron chi connectivity index (χ3n) is 4.06. The molecule has 1 unspecified atom stereocenters. The molecule has 1 aliphatic heterocycles. The van der Waals surface area contributed by atoms with Crippen molar-refractivity contribution in [3.63, 3.8) is 0 Å². The Morgan fingerprint density at radius 1 is 1.30 bits per heavy atom. The molecule has 27 heavy (non-hydrogen) atoms. The number of nitrogens with one attached hydrogen (secondary N) is 2. The Labute approximate surface area is 177 Å². The molecule has 1 aromatic heterocycles. The standard InChI is InChI=1S/C19H27N5O2.HI/c1-3-20-19(21-10-6-7-15-11-23-24(2)13-15)22-12-16-14-25-17-8-4-5-9-18(17)26-16;/h4-5,8-9,11,13,16H,3,6-7,10,12,14H2,1-2H3,(H2,20,21,22);1H. The summed E-state index contributed by atoms with van der Waals surface area (Å²) >= 11 is 0. The van der Waals surface area contributed by atoms with Crippen molar-refractivity contribution < 1.29 is 9.47 Å². The highest BCUT2D eigenvalue weighted by Gasteiger charge is 2.20. The Morgan fingerprint density at radius 2 is 2.11 bits per heavy atom. The van der Waals surface area contributed by atoms with Crippen LogP contribution < -0.4 is 20.1 Å². The van der Waals surface area contributed by atoms with Gasteiger partial charge in [-0.3, -0.25) is 4.68 Å². The third kappa shape index (κ3) is 6.60. The van der Waals surface area contributed by atoms with Crippen molar-refractivity contribution in [2.24, 2.45) is 12.0 Å². The van der Waals surface area contributed by atoms with Crippen molar-refractivity contribution in [1.82, 2.24) is 20.4 Å². The first-order chi connectivity index (χ1) is 12.7. The van der Waals surface area contributed by atoms with Crippen LogP contribution in [-0.2, 0) is 13.5 Å². The maximum absolute atomic E-state index is 5.95. The second-order valence-electron chi connectivity index (χ2n) is 6.27. The van der Waals surface area contributed by atoms with Gasteiger partial charge in [0.2, 0.25) is 0 Å². The summed E-state index contributed by atoms with van der Waals surface area (Å²) in [5.74, 6) is 2.39. The zero-order chi connectivity index (χ0) is 18.2. The maximum Gasteiger partial charge on any atom is 0.191 e. The van der Waals surface area contributed by atoms with Crippen LogP contribution in [0, 0.1) is 0 Å². The van der Waals surface area contributed by atoms with Gasteiger partial charge in [-0.2, -0.15) is 5.10 Å². The number of nitrogens with zero attached hydrogens (tertiary/aromatic N) is 3. The van der Waals surface area contributed by atoms with Crippen LogP contribution >= 0.6 is 24.0 Å². The lowest BCUT2D eigenvalue weighted by atomic mass is 10.2. The van der Waals surface area contributed by atoms with E-state index in [1.54, 1.807) is 0 Å². The normalized spacial score (nSPS) is 15.8. The van der Waals surface area contributed by atoms with Gasteiger partial charge in [0.15, 0.2) is 23.6 Å². The highest BCUT2D eigenvalue weighted by Crippen LogP contribution is 2.30. The van der Waals surface area contributed by atoms with Crippen LogP contribution in [0.5, 0.6) is 11.5 Å². The van der Waals surface area contributed by atoms with Crippen molar-refractivity contribution >= 4 is 29.9 Å². The molecule has 1 aromatic carbocycles. The van der Waals surface area contributed by atoms with Crippen LogP contribution in [0.3, 0.4) is 0 Å². The molecule has 0 aliphatic carbocycles. The molecule has 0 bridgehead atoms. The van der Waals surface area contributed by atoms with Gasteiger partial charge in [-0.1, -0.05) is 12.1 Å². The SMILES string of the molecule is CCNC(=NCC1COc2ccccc2O1)NCCCc1cnn(C)c1.I. The number of aliphatic imine (C=N–C) groups is 1. The molecule has 2 aromatic rings. The van der Waals surface area contributed by atoms with Crippen LogP contribution in [0.15, 0.2) is 41.7 Å². The Morgan fingerprint density at radius 3 is 2.85 bits per heavy atom. The van der Waals surface area contributed by atoms with Gasteiger partial charge in [-0.05, 0) is 37.5 Å². The van der Waals surface area contributed by atoms with Gasteiger partial charge in [0.1, 0.15) is 6.61 Å². The van der Waals surface area contributed by atoms with Gasteiger partial charge in [0, 0.05) is 26.3 Å². The number of benzene rings is 1. The Bertz CT molecular complexity index is 734. The van der Waals surface area contributed by atoms with E-state index in [0.717, 1.165) is 43.4 Å². The van der Waals surface area contributed by atoms with E-state index >= 15 is 0 Å². The lowest BCUT2D eigenvalue weighted by Gasteiger charge is -2.25. The van der Waals surface area contributed by atoms with Gasteiger partial charge in [-0.25, -0.2) is 4.99 Å². The van der Waals surface area contributed by atoms with Crippen molar-refractivity contribution in [3.05, 3.63) is 42.2 Å². The van der Waals surface area contributed by atoms with E-state index < -0.39 is 0 Å². The summed E-state index contributed by atoms with van der Waals surface area (Å²) in [7, 11) is 1.94. The van der Waals surface area contributed by atoms with Gasteiger partial charge < -0.3 is 20.1 Å². The lowest BCUT2D eigenvalue weighted by Crippen LogP contribution is -2.40. The number of para-hydroxylation sites is 2. The Hall–Kier alpha value is -1.97. The summed E-state index contributed by atoms with van der Waals surface area (Å²) < 4.78 is 13.5. The zero-order valence-corrected chi connectivity index (χ0v) is 18.2. The highest BCUT2D eigenvalue weighted by atomic mass is 127. The van der Waals surface area contributed by atoms with Crippen LogP contribution in [-0.4, -0.2) is 48.1 Å². The second-order valence-corrected chi connectivity index (χ2v) is 6.27. The van der Waals surface area contributed by atoms with E-state index in [-0.39, 0.29) is 30.1 Å². The van der Waals surface area contributed by atoms with Crippen molar-refractivity contribution in [1.29, 1.82) is 0 Å². The highest BCUT2D eigenvalue weighted by molar-refractivity contribution is 14.0. The van der Waals surface area contributed by atoms with E-state index in [4.69, 9.17) is 9.47 Å². The van der Waals surface area contributed by atoms with E-state index in [2.05, 4.69) is 33.8 Å². The van der Waals surface area contributed by atoms with Gasteiger partial charge >= 0.3 is 0 Å². The van der Waals surface area contributed by atoms with Gasteiger partial charge in [0.05, 0.1) is 12.7 Å². The molecule has 0 saturated carbocycles. The molecule has 2 heterocycles. The molecular formula is C19H28IN5O2. The number of rotatable bonds is 7. The first-order valence-electron chi connectivity index (χ1n) is 9.13. The quantitative estimate of drug-likeness (QED) is 0.273. The maximum atomic E-state index is 5.95. The minimum Gasteiger partial charge on any atom is -0.486 e. The fourth-order valence-electron chi connectivity index (χ4n) is 2.79. The number of guanidine groups is 1. The number of aromatic nitrogens is 2. The topological polar surface area (TPSA) is 72.7 Å². The number of hydrogen-bond acceptors (Lipinski definition) is 4. The fraction of sp³-hybridized carbons (Fsp3) is 0.474. The lowest BCUT2D eigenvalue weighted by molar-refractivity contribution is 0.0971. The number of halogens is 1. The van der Waals surface area contributed by atoms with Crippen LogP contribution in [0.25, 0.3) is 0 Å². The molecule has 7 nitrogen and oxygen atoms in total. The van der Waals surface area contributed by atoms with Crippen LogP contribution in [0.2, 0.25) is 0 Å². The summed E-state index contributed by atoms with van der Waals surface area (Å²) in [6, 6.07) is 7.73. The second kappa shape index (κ2) is 11.0. The molecule has 148 valence electrons. The van der Waals surface area contributed by atoms with E-state index in [1.807, 2.05) is 42.2 Å². The van der Waals surface area contributed by atoms with Crippen LogP contribution in [0.1, 0.15) is 18.9 Å². The smallest absolute Gasteiger partial charge is 0.191 e. The van der Waals surface area contributed by atoms with E-state index in [9.17, 15) is 0 Å². The molecule has 0 saturated heterocycles. The van der Waals surface area contributed by atoms with Gasteiger partial charge in [-0.15, -0.1) is 24.0 Å². The summed E-state index contributed by atoms with van der Waals surface area (Å²) in [6.07, 6.45) is 5.91. The molecule has 1 aliphatic rings. The van der Waals surface area contributed by atoms with E-state index in [1.165, 1.54) is 5.56 Å². The van der Waals surface area contributed by atoms with E-state index in [0.29, 0.717) is 13.2 Å². The average Bonchev–Trinajstić information content (AvgIpc) is 3.08. The predicted molar refractivity (Wildman–Crippen MR) is 117 cm³/mol. The summed E-state index contributed by atoms with van der Waals surface area (Å²) in [4.78, 5) is 4.63. The largest absolute Gasteiger partial charge is 0.486 e. The molecule has 0 fully saturated rings. The first-order valence-corrected chi connectivity index (χ1v) is 9.13. The molecule has 0 radical (unpaired) electrons. The third-order valence-corrected chi connectivity index (χ3v) is 4.06. The summed E-state index contributed by atoms with van der Waals surface area (Å²) in [5, 5.41) is 10.8. The number of aryl methyl sites for hydroxylation is 2. The summed E-state index contributed by atoms with van der Waals surface area (Å²) in [5.41, 5.74) is 1.25. The number of hydrogen-bond donors (Lipinski definition) is 2. The molecule has 1 atom stereocenters. The van der Waals surface area contributed by atoms with Crippen molar-refractivity contribution in [3.8, 4) is 11.5 Å². The summed E-state index contributed by atoms with van der Waals surface area (Å²) in [6.45, 7) is 4.79. The molecule has 2 N–H and O–H groups in total.